The van der Waals surface area contributed by atoms with Crippen molar-refractivity contribution < 1.29 is 23.1 Å². The molecule has 0 aliphatic rings. The third-order valence-corrected chi connectivity index (χ3v) is 3.67. The van der Waals surface area contributed by atoms with Crippen LogP contribution < -0.4 is 4.65 Å². The zero-order valence-electron chi connectivity index (χ0n) is 8.86. The molecule has 0 radical (unpaired) electrons. The first-order valence-corrected chi connectivity index (χ1v) is 5.83. The Morgan fingerprint density at radius 1 is 1.19 bits per heavy atom. The van der Waals surface area contributed by atoms with Gasteiger partial charge >= 0.3 is 7.32 Å². The molecule has 0 fully saturated rings. The lowest BCUT2D eigenvalue weighted by Gasteiger charge is -2.11. The molecule has 2 N–H and O–H groups in total. The molecule has 0 aliphatic heterocycles. The van der Waals surface area contributed by atoms with Crippen molar-refractivity contribution in [2.75, 3.05) is 14.1 Å². The van der Waals surface area contributed by atoms with Crippen LogP contribution in [0.3, 0.4) is 0 Å². The summed E-state index contributed by atoms with van der Waals surface area (Å²) in [5.74, 6) is 0.174. The summed E-state index contributed by atoms with van der Waals surface area (Å²) in [6.45, 7) is 0. The molecule has 1 aromatic carbocycles. The molecule has 6 nitrogen and oxygen atoms in total. The van der Waals surface area contributed by atoms with Gasteiger partial charge in [-0.1, -0.05) is 0 Å². The quantitative estimate of drug-likeness (QED) is 0.684. The summed E-state index contributed by atoms with van der Waals surface area (Å²) < 4.78 is 28.9. The van der Waals surface area contributed by atoms with Gasteiger partial charge in [0.2, 0.25) is 10.0 Å². The Bertz CT molecular complexity index is 442. The van der Waals surface area contributed by atoms with Gasteiger partial charge in [0.1, 0.15) is 5.75 Å². The van der Waals surface area contributed by atoms with Crippen LogP contribution >= 0.6 is 0 Å². The summed E-state index contributed by atoms with van der Waals surface area (Å²) in [4.78, 5) is 0.109. The molecule has 0 aromatic heterocycles. The van der Waals surface area contributed by atoms with E-state index in [0.717, 1.165) is 4.31 Å². The lowest BCUT2D eigenvalue weighted by Crippen LogP contribution is -2.22. The highest BCUT2D eigenvalue weighted by Crippen LogP contribution is 2.17. The molecule has 16 heavy (non-hydrogen) atoms. The van der Waals surface area contributed by atoms with Crippen LogP contribution in [0.2, 0.25) is 0 Å². The second-order valence-electron chi connectivity index (χ2n) is 3.20. The van der Waals surface area contributed by atoms with Crippen molar-refractivity contribution in [3.8, 4) is 5.75 Å². The van der Waals surface area contributed by atoms with E-state index in [4.69, 9.17) is 10.0 Å². The fourth-order valence-electron chi connectivity index (χ4n) is 1.02. The zero-order chi connectivity index (χ0) is 12.3. The van der Waals surface area contributed by atoms with E-state index in [1.807, 2.05) is 0 Å². The molecule has 1 aromatic rings. The van der Waals surface area contributed by atoms with Crippen LogP contribution in [0.4, 0.5) is 0 Å². The maximum atomic E-state index is 11.7. The van der Waals surface area contributed by atoms with Gasteiger partial charge in [0.05, 0.1) is 4.90 Å². The largest absolute Gasteiger partial charge is 0.707 e. The summed E-state index contributed by atoms with van der Waals surface area (Å²) in [5.41, 5.74) is 0. The summed E-state index contributed by atoms with van der Waals surface area (Å²) >= 11 is 0. The molecule has 0 heterocycles. The molecule has 1 rings (SSSR count). The standard InChI is InChI=1S/C8H12BNO5S/c1-10(2)16(13,14)8-5-3-7(4-6-8)15-9(11)12/h3-6,11-12H,1-2H3. The van der Waals surface area contributed by atoms with Crippen molar-refractivity contribution in [3.63, 3.8) is 0 Å². The molecule has 0 saturated heterocycles. The van der Waals surface area contributed by atoms with Crippen molar-refractivity contribution in [2.24, 2.45) is 0 Å². The van der Waals surface area contributed by atoms with Gasteiger partial charge in [-0.25, -0.2) is 12.7 Å². The van der Waals surface area contributed by atoms with Crippen LogP contribution in [-0.4, -0.2) is 44.2 Å². The molecule has 88 valence electrons. The van der Waals surface area contributed by atoms with Crippen LogP contribution in [-0.2, 0) is 10.0 Å². The molecule has 0 atom stereocenters. The molecule has 0 bridgehead atoms. The van der Waals surface area contributed by atoms with E-state index in [1.165, 1.54) is 38.4 Å². The third-order valence-electron chi connectivity index (χ3n) is 1.84. The minimum atomic E-state index is -3.47. The first-order chi connectivity index (χ1) is 7.34. The maximum Gasteiger partial charge on any atom is 0.707 e. The minimum absolute atomic E-state index is 0.109. The summed E-state index contributed by atoms with van der Waals surface area (Å²) in [6.07, 6.45) is 0. The Morgan fingerprint density at radius 2 is 1.69 bits per heavy atom. The number of sulfonamides is 1. The average molecular weight is 245 g/mol. The second-order valence-corrected chi connectivity index (χ2v) is 5.35. The van der Waals surface area contributed by atoms with Crippen molar-refractivity contribution in [1.82, 2.24) is 4.31 Å². The Labute approximate surface area is 94.3 Å². The van der Waals surface area contributed by atoms with Gasteiger partial charge < -0.3 is 14.7 Å². The molecule has 0 spiro atoms. The Balaban J connectivity index is 2.96. The lowest BCUT2D eigenvalue weighted by molar-refractivity contribution is 0.288. The van der Waals surface area contributed by atoms with Gasteiger partial charge in [0, 0.05) is 14.1 Å². The van der Waals surface area contributed by atoms with Gasteiger partial charge in [0.25, 0.3) is 0 Å². The molecular weight excluding hydrogens is 233 g/mol. The highest BCUT2D eigenvalue weighted by Gasteiger charge is 2.17. The van der Waals surface area contributed by atoms with Gasteiger partial charge in [-0.2, -0.15) is 0 Å². The molecular formula is C8H12BNO5S. The number of nitrogens with zero attached hydrogens (tertiary/aromatic N) is 1. The lowest BCUT2D eigenvalue weighted by atomic mass is 10.2. The molecule has 0 aliphatic carbocycles. The molecule has 8 heteroatoms. The first-order valence-electron chi connectivity index (χ1n) is 4.39. The maximum absolute atomic E-state index is 11.7. The van der Waals surface area contributed by atoms with Gasteiger partial charge in [-0.15, -0.1) is 0 Å². The topological polar surface area (TPSA) is 87.1 Å². The van der Waals surface area contributed by atoms with E-state index in [2.05, 4.69) is 4.65 Å². The SMILES string of the molecule is CN(C)S(=O)(=O)c1ccc(OB(O)O)cc1. The molecule has 0 unspecified atom stereocenters. The highest BCUT2D eigenvalue weighted by molar-refractivity contribution is 7.89. The Kier molecular flexibility index (Phi) is 3.92. The van der Waals surface area contributed by atoms with Gasteiger partial charge in [0.15, 0.2) is 0 Å². The molecule has 0 saturated carbocycles. The first kappa shape index (κ1) is 13.0. The zero-order valence-corrected chi connectivity index (χ0v) is 9.68. The monoisotopic (exact) mass is 245 g/mol. The minimum Gasteiger partial charge on any atom is -0.512 e. The van der Waals surface area contributed by atoms with E-state index in [-0.39, 0.29) is 10.6 Å². The van der Waals surface area contributed by atoms with E-state index in [1.54, 1.807) is 0 Å². The Hall–Kier alpha value is -1.09. The fraction of sp³-hybridized carbons (Fsp3) is 0.250. The second kappa shape index (κ2) is 4.83. The van der Waals surface area contributed by atoms with E-state index >= 15 is 0 Å². The third kappa shape index (κ3) is 2.95. The predicted molar refractivity (Wildman–Crippen MR) is 58.1 cm³/mol. The van der Waals surface area contributed by atoms with E-state index in [9.17, 15) is 8.42 Å². The van der Waals surface area contributed by atoms with Gasteiger partial charge in [-0.3, -0.25) is 0 Å². The van der Waals surface area contributed by atoms with Crippen molar-refractivity contribution in [3.05, 3.63) is 24.3 Å². The van der Waals surface area contributed by atoms with Crippen LogP contribution in [0.25, 0.3) is 0 Å². The predicted octanol–water partition coefficient (Wildman–Crippen LogP) is -0.715. The van der Waals surface area contributed by atoms with E-state index in [0.29, 0.717) is 0 Å². The normalized spacial score (nSPS) is 11.6. The van der Waals surface area contributed by atoms with Crippen LogP contribution in [0.5, 0.6) is 5.75 Å². The summed E-state index contributed by atoms with van der Waals surface area (Å²) in [7, 11) is -2.53. The van der Waals surface area contributed by atoms with Crippen molar-refractivity contribution >= 4 is 17.3 Å². The Morgan fingerprint density at radius 3 is 2.06 bits per heavy atom. The molecule has 0 amide bonds. The fourth-order valence-corrected chi connectivity index (χ4v) is 1.92. The number of hydrogen-bond donors (Lipinski definition) is 2. The number of rotatable bonds is 4. The van der Waals surface area contributed by atoms with Gasteiger partial charge in [-0.05, 0) is 24.3 Å². The smallest absolute Gasteiger partial charge is 0.512 e. The van der Waals surface area contributed by atoms with Crippen LogP contribution in [0, 0.1) is 0 Å². The summed E-state index contributed by atoms with van der Waals surface area (Å²) in [5, 5.41) is 17.1. The van der Waals surface area contributed by atoms with Crippen LogP contribution in [0.1, 0.15) is 0 Å². The van der Waals surface area contributed by atoms with Crippen molar-refractivity contribution in [1.29, 1.82) is 0 Å². The number of hydrogen-bond acceptors (Lipinski definition) is 5. The number of benzene rings is 1. The van der Waals surface area contributed by atoms with E-state index < -0.39 is 17.3 Å². The highest BCUT2D eigenvalue weighted by atomic mass is 32.2. The van der Waals surface area contributed by atoms with Crippen molar-refractivity contribution in [2.45, 2.75) is 4.90 Å². The van der Waals surface area contributed by atoms with Crippen LogP contribution in [0.15, 0.2) is 29.2 Å². The average Bonchev–Trinajstić information content (AvgIpc) is 2.17. The summed E-state index contributed by atoms with van der Waals surface area (Å²) in [6, 6.07) is 5.34.